The first-order chi connectivity index (χ1) is 11.4. The normalized spacial score (nSPS) is 37.7. The maximum Gasteiger partial charge on any atom is 0.245 e. The Morgan fingerprint density at radius 3 is 2.42 bits per heavy atom. The monoisotopic (exact) mass is 342 g/mol. The van der Waals surface area contributed by atoms with Crippen LogP contribution in [0.1, 0.15) is 32.3 Å². The van der Waals surface area contributed by atoms with Crippen LogP contribution in [0, 0.1) is 17.8 Å². The number of aryl methyl sites for hydroxylation is 1. The van der Waals surface area contributed by atoms with Crippen LogP contribution < -0.4 is 4.90 Å². The van der Waals surface area contributed by atoms with Gasteiger partial charge in [-0.15, -0.1) is 0 Å². The molecule has 2 bridgehead atoms. The van der Waals surface area contributed by atoms with Gasteiger partial charge in [0.15, 0.2) is 5.13 Å². The number of fused-ring (bicyclic) bond motifs is 6. The van der Waals surface area contributed by atoms with Crippen molar-refractivity contribution in [3.8, 4) is 0 Å². The Labute approximate surface area is 143 Å². The fraction of sp³-hybridized carbons (Fsp3) is 0.500. The number of hydrogen-bond acceptors (Lipinski definition) is 5. The average molecular weight is 342 g/mol. The number of thiazole rings is 1. The third-order valence-corrected chi connectivity index (χ3v) is 7.41. The van der Waals surface area contributed by atoms with E-state index in [4.69, 9.17) is 4.74 Å². The van der Waals surface area contributed by atoms with Gasteiger partial charge in [-0.25, -0.2) is 9.88 Å². The number of carbonyl (C=O) groups is 2. The van der Waals surface area contributed by atoms with E-state index in [1.54, 1.807) is 0 Å². The molecule has 1 aromatic carbocycles. The SMILES string of the molecule is Cc1ccc2nc(N3C(=O)C4(C)[C@H]5CC[C@H](O5)[C@]4(C)C3=O)sc2c1. The Hall–Kier alpha value is -1.79. The lowest BCUT2D eigenvalue weighted by Crippen LogP contribution is -2.48. The quantitative estimate of drug-likeness (QED) is 0.748. The van der Waals surface area contributed by atoms with E-state index in [1.165, 1.54) is 16.2 Å². The van der Waals surface area contributed by atoms with E-state index in [9.17, 15) is 9.59 Å². The van der Waals surface area contributed by atoms with Gasteiger partial charge in [-0.05, 0) is 51.3 Å². The van der Waals surface area contributed by atoms with Crippen LogP contribution in [0.5, 0.6) is 0 Å². The maximum absolute atomic E-state index is 13.3. The summed E-state index contributed by atoms with van der Waals surface area (Å²) in [7, 11) is 0. The summed E-state index contributed by atoms with van der Waals surface area (Å²) in [6.07, 6.45) is 1.38. The molecule has 6 heteroatoms. The molecule has 1 unspecified atom stereocenters. The Bertz CT molecular complexity index is 888. The minimum Gasteiger partial charge on any atom is -0.373 e. The molecule has 3 saturated heterocycles. The smallest absolute Gasteiger partial charge is 0.245 e. The van der Waals surface area contributed by atoms with Gasteiger partial charge in [0, 0.05) is 0 Å². The highest BCUT2D eigenvalue weighted by molar-refractivity contribution is 7.22. The van der Waals surface area contributed by atoms with Crippen molar-refractivity contribution >= 4 is 38.5 Å². The number of benzene rings is 1. The predicted molar refractivity (Wildman–Crippen MR) is 91.0 cm³/mol. The lowest BCUT2D eigenvalue weighted by molar-refractivity contribution is -0.132. The molecule has 2 amide bonds. The van der Waals surface area contributed by atoms with E-state index in [2.05, 4.69) is 4.98 Å². The van der Waals surface area contributed by atoms with E-state index in [1.807, 2.05) is 39.0 Å². The zero-order valence-corrected chi connectivity index (χ0v) is 14.6. The van der Waals surface area contributed by atoms with Crippen molar-refractivity contribution in [3.05, 3.63) is 23.8 Å². The number of imide groups is 1. The molecule has 0 aliphatic carbocycles. The molecule has 1 aromatic heterocycles. The van der Waals surface area contributed by atoms with Crippen molar-refractivity contribution in [2.45, 2.75) is 45.8 Å². The van der Waals surface area contributed by atoms with Gasteiger partial charge in [-0.3, -0.25) is 9.59 Å². The fourth-order valence-corrected chi connectivity index (χ4v) is 5.78. The first-order valence-corrected chi connectivity index (χ1v) is 9.10. The third-order valence-electron chi connectivity index (χ3n) is 6.40. The van der Waals surface area contributed by atoms with Crippen LogP contribution in [-0.2, 0) is 14.3 Å². The molecule has 5 rings (SSSR count). The van der Waals surface area contributed by atoms with Crippen LogP contribution in [0.25, 0.3) is 10.2 Å². The largest absolute Gasteiger partial charge is 0.373 e. The van der Waals surface area contributed by atoms with Crippen molar-refractivity contribution in [1.29, 1.82) is 0 Å². The summed E-state index contributed by atoms with van der Waals surface area (Å²) in [4.78, 5) is 32.4. The summed E-state index contributed by atoms with van der Waals surface area (Å²) in [6.45, 7) is 5.82. The summed E-state index contributed by atoms with van der Waals surface area (Å²) in [5, 5.41) is 0.488. The first kappa shape index (κ1) is 14.5. The van der Waals surface area contributed by atoms with Crippen molar-refractivity contribution in [3.63, 3.8) is 0 Å². The molecule has 24 heavy (non-hydrogen) atoms. The van der Waals surface area contributed by atoms with Crippen molar-refractivity contribution in [2.75, 3.05) is 4.90 Å². The summed E-state index contributed by atoms with van der Waals surface area (Å²) >= 11 is 1.41. The van der Waals surface area contributed by atoms with Crippen LogP contribution in [0.3, 0.4) is 0 Å². The minimum atomic E-state index is -0.777. The number of ether oxygens (including phenoxy) is 1. The molecule has 3 aliphatic rings. The Balaban J connectivity index is 1.67. The van der Waals surface area contributed by atoms with Gasteiger partial charge in [-0.1, -0.05) is 17.4 Å². The summed E-state index contributed by atoms with van der Waals surface area (Å²) < 4.78 is 6.96. The van der Waals surface area contributed by atoms with Crippen LogP contribution in [0.2, 0.25) is 0 Å². The number of hydrogen-bond donors (Lipinski definition) is 0. The predicted octanol–water partition coefficient (Wildman–Crippen LogP) is 3.05. The van der Waals surface area contributed by atoms with Crippen molar-refractivity contribution in [2.24, 2.45) is 10.8 Å². The zero-order valence-electron chi connectivity index (χ0n) is 13.8. The molecule has 124 valence electrons. The number of anilines is 1. The van der Waals surface area contributed by atoms with Crippen LogP contribution in [-0.4, -0.2) is 29.0 Å². The molecule has 0 N–H and O–H groups in total. The second-order valence-corrected chi connectivity index (χ2v) is 8.52. The molecule has 5 nitrogen and oxygen atoms in total. The second-order valence-electron chi connectivity index (χ2n) is 7.51. The number of carbonyl (C=O) groups excluding carboxylic acids is 2. The van der Waals surface area contributed by atoms with Crippen LogP contribution in [0.4, 0.5) is 5.13 Å². The van der Waals surface area contributed by atoms with Gasteiger partial charge < -0.3 is 4.74 Å². The molecular weight excluding hydrogens is 324 g/mol. The van der Waals surface area contributed by atoms with E-state index in [-0.39, 0.29) is 24.0 Å². The summed E-state index contributed by atoms with van der Waals surface area (Å²) in [5.74, 6) is -0.309. The number of aromatic nitrogens is 1. The number of amides is 2. The highest BCUT2D eigenvalue weighted by atomic mass is 32.1. The molecule has 4 heterocycles. The van der Waals surface area contributed by atoms with Gasteiger partial charge in [0.2, 0.25) is 11.8 Å². The van der Waals surface area contributed by atoms with Gasteiger partial charge >= 0.3 is 0 Å². The van der Waals surface area contributed by atoms with Crippen LogP contribution in [0.15, 0.2) is 18.2 Å². The lowest BCUT2D eigenvalue weighted by Gasteiger charge is -2.36. The maximum atomic E-state index is 13.3. The highest BCUT2D eigenvalue weighted by Crippen LogP contribution is 2.64. The van der Waals surface area contributed by atoms with E-state index in [0.717, 1.165) is 28.6 Å². The molecule has 0 saturated carbocycles. The number of nitrogens with zero attached hydrogens (tertiary/aromatic N) is 2. The Morgan fingerprint density at radius 2 is 1.79 bits per heavy atom. The minimum absolute atomic E-state index is 0.155. The van der Waals surface area contributed by atoms with E-state index in [0.29, 0.717) is 5.13 Å². The van der Waals surface area contributed by atoms with Crippen molar-refractivity contribution in [1.82, 2.24) is 4.98 Å². The van der Waals surface area contributed by atoms with Crippen molar-refractivity contribution < 1.29 is 14.3 Å². The molecule has 2 aromatic rings. The van der Waals surface area contributed by atoms with Crippen LogP contribution >= 0.6 is 11.3 Å². The zero-order chi connectivity index (χ0) is 16.9. The number of rotatable bonds is 1. The molecular formula is C18H18N2O3S. The Morgan fingerprint density at radius 1 is 1.17 bits per heavy atom. The molecule has 3 aliphatic heterocycles. The Kier molecular flexibility index (Phi) is 2.57. The van der Waals surface area contributed by atoms with Gasteiger partial charge in [-0.2, -0.15) is 0 Å². The molecule has 0 radical (unpaired) electrons. The summed E-state index contributed by atoms with van der Waals surface area (Å²) in [5.41, 5.74) is 0.411. The highest BCUT2D eigenvalue weighted by Gasteiger charge is 2.77. The standard InChI is InChI=1S/C18H18N2O3S/c1-9-4-5-10-11(8-9)24-16(19-10)20-14(21)17(2)12-6-7-13(23-12)18(17,3)15(20)22/h4-5,8,12-13H,6-7H2,1-3H3/t12-,13+,17+,18?/m0/s1. The van der Waals surface area contributed by atoms with E-state index < -0.39 is 10.8 Å². The van der Waals surface area contributed by atoms with Gasteiger partial charge in [0.1, 0.15) is 0 Å². The third kappa shape index (κ3) is 1.39. The van der Waals surface area contributed by atoms with Gasteiger partial charge in [0.25, 0.3) is 0 Å². The second kappa shape index (κ2) is 4.24. The average Bonchev–Trinajstić information content (AvgIpc) is 3.25. The molecule has 4 atom stereocenters. The fourth-order valence-electron chi connectivity index (χ4n) is 4.72. The molecule has 0 spiro atoms. The van der Waals surface area contributed by atoms with Gasteiger partial charge in [0.05, 0.1) is 33.3 Å². The first-order valence-electron chi connectivity index (χ1n) is 8.29. The molecule has 3 fully saturated rings. The topological polar surface area (TPSA) is 59.5 Å². The van der Waals surface area contributed by atoms with E-state index >= 15 is 0 Å². The summed E-state index contributed by atoms with van der Waals surface area (Å²) in [6, 6.07) is 5.97. The lowest BCUT2D eigenvalue weighted by atomic mass is 9.59.